The summed E-state index contributed by atoms with van der Waals surface area (Å²) in [6.45, 7) is 0.465. The third kappa shape index (κ3) is 1.96. The molecule has 1 aromatic rings. The third-order valence-corrected chi connectivity index (χ3v) is 1.80. The molecule has 4 N–H and O–H groups in total. The molecule has 0 heterocycles. The first-order valence-electron chi connectivity index (χ1n) is 3.87. The minimum atomic E-state index is -0.0732. The maximum atomic E-state index is 5.72. The Balaban J connectivity index is 2.77. The van der Waals surface area contributed by atoms with Gasteiger partial charge in [-0.05, 0) is 17.7 Å². The number of benzene rings is 1. The molecule has 0 amide bonds. The van der Waals surface area contributed by atoms with E-state index in [0.717, 1.165) is 11.3 Å². The van der Waals surface area contributed by atoms with E-state index in [0.29, 0.717) is 6.54 Å². The molecule has 0 unspecified atom stereocenters. The van der Waals surface area contributed by atoms with Crippen LogP contribution in [0.4, 0.5) is 0 Å². The summed E-state index contributed by atoms with van der Waals surface area (Å²) in [5.74, 6) is 0.836. The average Bonchev–Trinajstić information content (AvgIpc) is 2.17. The topological polar surface area (TPSA) is 61.3 Å². The van der Waals surface area contributed by atoms with Crippen LogP contribution in [0.3, 0.4) is 0 Å². The van der Waals surface area contributed by atoms with E-state index in [4.69, 9.17) is 16.2 Å². The molecule has 0 saturated heterocycles. The van der Waals surface area contributed by atoms with E-state index in [1.54, 1.807) is 7.11 Å². The first-order valence-corrected chi connectivity index (χ1v) is 3.87. The molecule has 0 radical (unpaired) electrons. The van der Waals surface area contributed by atoms with Gasteiger partial charge in [-0.15, -0.1) is 0 Å². The quantitative estimate of drug-likeness (QED) is 0.693. The zero-order valence-corrected chi connectivity index (χ0v) is 7.16. The van der Waals surface area contributed by atoms with Crippen LogP contribution in [0.5, 0.6) is 5.75 Å². The van der Waals surface area contributed by atoms with E-state index in [9.17, 15) is 0 Å². The maximum Gasteiger partial charge on any atom is 0.118 e. The first-order chi connectivity index (χ1) is 5.77. The number of ether oxygens (including phenoxy) is 1. The average molecular weight is 166 g/mol. The van der Waals surface area contributed by atoms with Gasteiger partial charge in [-0.3, -0.25) is 0 Å². The molecule has 0 spiro atoms. The molecule has 0 aliphatic carbocycles. The van der Waals surface area contributed by atoms with Crippen molar-refractivity contribution >= 4 is 0 Å². The molecule has 1 atom stereocenters. The van der Waals surface area contributed by atoms with Crippen LogP contribution in [0.2, 0.25) is 0 Å². The molecule has 1 rings (SSSR count). The van der Waals surface area contributed by atoms with E-state index in [1.807, 2.05) is 24.3 Å². The smallest absolute Gasteiger partial charge is 0.118 e. The van der Waals surface area contributed by atoms with Gasteiger partial charge < -0.3 is 16.2 Å². The van der Waals surface area contributed by atoms with Crippen LogP contribution in [-0.2, 0) is 0 Å². The van der Waals surface area contributed by atoms with Crippen molar-refractivity contribution in [3.05, 3.63) is 29.8 Å². The zero-order valence-electron chi connectivity index (χ0n) is 7.16. The monoisotopic (exact) mass is 166 g/mol. The van der Waals surface area contributed by atoms with Crippen LogP contribution < -0.4 is 16.2 Å². The van der Waals surface area contributed by atoms with Gasteiger partial charge in [-0.1, -0.05) is 12.1 Å². The van der Waals surface area contributed by atoms with Crippen molar-refractivity contribution in [2.75, 3.05) is 13.7 Å². The molecular formula is C9H14N2O. The molecule has 3 heteroatoms. The summed E-state index contributed by atoms with van der Waals surface area (Å²) in [6, 6.07) is 7.54. The minimum Gasteiger partial charge on any atom is -0.497 e. The second-order valence-corrected chi connectivity index (χ2v) is 2.62. The van der Waals surface area contributed by atoms with E-state index >= 15 is 0 Å². The minimum absolute atomic E-state index is 0.0732. The Hall–Kier alpha value is -1.06. The van der Waals surface area contributed by atoms with E-state index < -0.39 is 0 Å². The summed E-state index contributed by atoms with van der Waals surface area (Å²) in [7, 11) is 1.64. The summed E-state index contributed by atoms with van der Waals surface area (Å²) in [4.78, 5) is 0. The van der Waals surface area contributed by atoms with Crippen LogP contribution in [-0.4, -0.2) is 13.7 Å². The van der Waals surface area contributed by atoms with Gasteiger partial charge >= 0.3 is 0 Å². The fourth-order valence-corrected chi connectivity index (χ4v) is 0.987. The predicted octanol–water partition coefficient (Wildman–Crippen LogP) is 0.654. The maximum absolute atomic E-state index is 5.72. The van der Waals surface area contributed by atoms with Gasteiger partial charge in [0.25, 0.3) is 0 Å². The molecule has 1 aromatic carbocycles. The highest BCUT2D eigenvalue weighted by atomic mass is 16.5. The third-order valence-electron chi connectivity index (χ3n) is 1.80. The molecule has 66 valence electrons. The Morgan fingerprint density at radius 2 is 1.92 bits per heavy atom. The van der Waals surface area contributed by atoms with Gasteiger partial charge in [0.2, 0.25) is 0 Å². The van der Waals surface area contributed by atoms with Crippen LogP contribution in [0.1, 0.15) is 11.6 Å². The standard InChI is InChI=1S/C9H14N2O/c1-12-8-4-2-7(3-5-8)9(11)6-10/h2-5,9H,6,10-11H2,1H3/t9-/m0/s1. The lowest BCUT2D eigenvalue weighted by atomic mass is 10.1. The van der Waals surface area contributed by atoms with Crippen molar-refractivity contribution in [3.8, 4) is 5.75 Å². The molecule has 0 saturated carbocycles. The molecule has 0 bridgehead atoms. The summed E-state index contributed by atoms with van der Waals surface area (Å²) in [5, 5.41) is 0. The zero-order chi connectivity index (χ0) is 8.97. The first kappa shape index (κ1) is 9.03. The number of nitrogens with two attached hydrogens (primary N) is 2. The second-order valence-electron chi connectivity index (χ2n) is 2.62. The van der Waals surface area contributed by atoms with Crippen molar-refractivity contribution in [2.45, 2.75) is 6.04 Å². The van der Waals surface area contributed by atoms with Crippen molar-refractivity contribution in [1.29, 1.82) is 0 Å². The van der Waals surface area contributed by atoms with Crippen molar-refractivity contribution in [3.63, 3.8) is 0 Å². The SMILES string of the molecule is COc1ccc([C@@H](N)CN)cc1. The number of hydrogen-bond acceptors (Lipinski definition) is 3. The highest BCUT2D eigenvalue weighted by molar-refractivity contribution is 5.28. The fraction of sp³-hybridized carbons (Fsp3) is 0.333. The van der Waals surface area contributed by atoms with Crippen LogP contribution >= 0.6 is 0 Å². The molecule has 0 aromatic heterocycles. The Labute approximate surface area is 72.3 Å². The van der Waals surface area contributed by atoms with Gasteiger partial charge in [-0.2, -0.15) is 0 Å². The number of rotatable bonds is 3. The van der Waals surface area contributed by atoms with Gasteiger partial charge in [0.05, 0.1) is 7.11 Å². The Morgan fingerprint density at radius 3 is 2.33 bits per heavy atom. The Bertz CT molecular complexity index is 233. The molecule has 0 aliphatic heterocycles. The Kier molecular flexibility index (Phi) is 3.08. The normalized spacial score (nSPS) is 12.6. The van der Waals surface area contributed by atoms with Crippen molar-refractivity contribution in [1.82, 2.24) is 0 Å². The van der Waals surface area contributed by atoms with Crippen LogP contribution in [0.15, 0.2) is 24.3 Å². The molecule has 12 heavy (non-hydrogen) atoms. The van der Waals surface area contributed by atoms with Crippen LogP contribution in [0, 0.1) is 0 Å². The van der Waals surface area contributed by atoms with E-state index in [-0.39, 0.29) is 6.04 Å². The van der Waals surface area contributed by atoms with Gasteiger partial charge in [0.15, 0.2) is 0 Å². The van der Waals surface area contributed by atoms with Crippen molar-refractivity contribution in [2.24, 2.45) is 11.5 Å². The highest BCUT2D eigenvalue weighted by Gasteiger charge is 2.01. The van der Waals surface area contributed by atoms with E-state index in [1.165, 1.54) is 0 Å². The summed E-state index contributed by atoms with van der Waals surface area (Å²) in [6.07, 6.45) is 0. The lowest BCUT2D eigenvalue weighted by Gasteiger charge is -2.08. The summed E-state index contributed by atoms with van der Waals surface area (Å²) >= 11 is 0. The van der Waals surface area contributed by atoms with Gasteiger partial charge in [0, 0.05) is 12.6 Å². The van der Waals surface area contributed by atoms with Crippen LogP contribution in [0.25, 0.3) is 0 Å². The molecule has 0 fully saturated rings. The van der Waals surface area contributed by atoms with Gasteiger partial charge in [-0.25, -0.2) is 0 Å². The van der Waals surface area contributed by atoms with Crippen molar-refractivity contribution < 1.29 is 4.74 Å². The molecular weight excluding hydrogens is 152 g/mol. The number of methoxy groups -OCH3 is 1. The van der Waals surface area contributed by atoms with Gasteiger partial charge in [0.1, 0.15) is 5.75 Å². The Morgan fingerprint density at radius 1 is 1.33 bits per heavy atom. The number of hydrogen-bond donors (Lipinski definition) is 2. The lowest BCUT2D eigenvalue weighted by Crippen LogP contribution is -2.20. The summed E-state index contributed by atoms with van der Waals surface area (Å²) < 4.78 is 5.01. The largest absolute Gasteiger partial charge is 0.497 e. The molecule has 0 aliphatic rings. The second kappa shape index (κ2) is 4.09. The van der Waals surface area contributed by atoms with E-state index in [2.05, 4.69) is 0 Å². The summed E-state index contributed by atoms with van der Waals surface area (Å²) in [5.41, 5.74) is 12.2. The highest BCUT2D eigenvalue weighted by Crippen LogP contribution is 2.14. The lowest BCUT2D eigenvalue weighted by molar-refractivity contribution is 0.414. The molecule has 3 nitrogen and oxygen atoms in total. The predicted molar refractivity (Wildman–Crippen MR) is 49.0 cm³/mol. The fourth-order valence-electron chi connectivity index (χ4n) is 0.987.